The Balaban J connectivity index is 1.41. The summed E-state index contributed by atoms with van der Waals surface area (Å²) in [6.45, 7) is 4.00. The highest BCUT2D eigenvalue weighted by molar-refractivity contribution is 6.13. The number of fused-ring (bicyclic) bond motifs is 6. The molecular formula is C53H33F6N3. The molecule has 0 radical (unpaired) electrons. The third kappa shape index (κ3) is 6.29. The van der Waals surface area contributed by atoms with Gasteiger partial charge in [0.05, 0.1) is 56.2 Å². The first-order chi connectivity index (χ1) is 29.8. The van der Waals surface area contributed by atoms with Crippen LogP contribution in [0.25, 0.3) is 88.4 Å². The van der Waals surface area contributed by atoms with Crippen molar-refractivity contribution >= 4 is 43.6 Å². The average Bonchev–Trinajstić information content (AvgIpc) is 3.77. The van der Waals surface area contributed by atoms with E-state index in [-0.39, 0.29) is 34.1 Å². The minimum Gasteiger partial charge on any atom is -0.308 e. The van der Waals surface area contributed by atoms with Crippen molar-refractivity contribution in [3.05, 3.63) is 192 Å². The molecule has 2 heterocycles. The van der Waals surface area contributed by atoms with Gasteiger partial charge in [-0.3, -0.25) is 0 Å². The molecule has 9 heteroatoms. The zero-order chi connectivity index (χ0) is 43.1. The van der Waals surface area contributed by atoms with Crippen LogP contribution >= 0.6 is 0 Å². The fourth-order valence-corrected chi connectivity index (χ4v) is 9.01. The Hall–Kier alpha value is -7.57. The van der Waals surface area contributed by atoms with Crippen LogP contribution in [0, 0.1) is 25.2 Å². The monoisotopic (exact) mass is 825 g/mol. The fourth-order valence-electron chi connectivity index (χ4n) is 9.01. The van der Waals surface area contributed by atoms with Crippen molar-refractivity contribution in [2.45, 2.75) is 26.2 Å². The molecule has 0 amide bonds. The summed E-state index contributed by atoms with van der Waals surface area (Å²) in [6.07, 6.45) is -10.2. The van der Waals surface area contributed by atoms with E-state index in [0.717, 1.165) is 67.1 Å². The number of hydrogen-bond donors (Lipinski definition) is 0. The van der Waals surface area contributed by atoms with Gasteiger partial charge in [0.2, 0.25) is 0 Å². The summed E-state index contributed by atoms with van der Waals surface area (Å²) >= 11 is 0. The van der Waals surface area contributed by atoms with Crippen molar-refractivity contribution in [1.82, 2.24) is 9.13 Å². The molecule has 0 aliphatic heterocycles. The van der Waals surface area contributed by atoms with E-state index >= 15 is 0 Å². The van der Waals surface area contributed by atoms with Crippen LogP contribution in [0.1, 0.15) is 27.8 Å². The highest BCUT2D eigenvalue weighted by atomic mass is 19.4. The van der Waals surface area contributed by atoms with Gasteiger partial charge in [0.25, 0.3) is 0 Å². The first kappa shape index (κ1) is 38.6. The van der Waals surface area contributed by atoms with Crippen LogP contribution in [0.4, 0.5) is 26.3 Å². The lowest BCUT2D eigenvalue weighted by Gasteiger charge is -2.23. The summed E-state index contributed by atoms with van der Waals surface area (Å²) in [4.78, 5) is 0. The molecule has 0 atom stereocenters. The van der Waals surface area contributed by atoms with Crippen LogP contribution in [0.5, 0.6) is 0 Å². The quantitative estimate of drug-likeness (QED) is 0.159. The molecule has 62 heavy (non-hydrogen) atoms. The molecule has 0 fully saturated rings. The molecule has 10 aromatic rings. The number of hydrogen-bond acceptors (Lipinski definition) is 1. The predicted molar refractivity (Wildman–Crippen MR) is 236 cm³/mol. The third-order valence-corrected chi connectivity index (χ3v) is 11.8. The van der Waals surface area contributed by atoms with Gasteiger partial charge in [0.1, 0.15) is 0 Å². The van der Waals surface area contributed by atoms with Gasteiger partial charge < -0.3 is 9.13 Å². The number of aromatic nitrogens is 2. The standard InChI is InChI=1S/C53H33F6N3/c1-31-11-3-5-13-39(31)34-19-21-43-41-15-7-9-17-45(41)61(47(43)27-34)49-23-33(30-60)24-50(51(49)36-25-37(52(54,55)56)29-38(26-36)53(57,58)59)62-46-18-10-8-16-42(46)44-22-20-35(28-48(44)62)40-14-6-4-12-32(40)2/h3-29H,1-2H3. The van der Waals surface area contributed by atoms with Gasteiger partial charge in [-0.1, -0.05) is 109 Å². The van der Waals surface area contributed by atoms with E-state index in [2.05, 4.69) is 6.07 Å². The van der Waals surface area contributed by atoms with Crippen LogP contribution < -0.4 is 0 Å². The Bertz CT molecular complexity index is 3270. The molecule has 0 saturated carbocycles. The summed E-state index contributed by atoms with van der Waals surface area (Å²) in [5, 5.41) is 14.0. The fraction of sp³-hybridized carbons (Fsp3) is 0.0755. The lowest BCUT2D eigenvalue weighted by Crippen LogP contribution is -2.12. The molecule has 0 unspecified atom stereocenters. The molecule has 3 nitrogen and oxygen atoms in total. The molecule has 10 rings (SSSR count). The lowest BCUT2D eigenvalue weighted by molar-refractivity contribution is -0.143. The zero-order valence-electron chi connectivity index (χ0n) is 33.2. The van der Waals surface area contributed by atoms with Gasteiger partial charge in [0.15, 0.2) is 0 Å². The lowest BCUT2D eigenvalue weighted by atomic mass is 9.94. The SMILES string of the molecule is Cc1ccccc1-c1ccc2c3ccccc3n(-c3cc(C#N)cc(-n4c5ccccc5c5ccc(-c6ccccc6C)cc54)c3-c3cc(C(F)(F)F)cc(C(F)(F)F)c3)c2c1. The van der Waals surface area contributed by atoms with Crippen LogP contribution in [0.2, 0.25) is 0 Å². The Kier molecular flexibility index (Phi) is 8.89. The van der Waals surface area contributed by atoms with Crippen molar-refractivity contribution in [2.75, 3.05) is 0 Å². The van der Waals surface area contributed by atoms with Gasteiger partial charge >= 0.3 is 12.4 Å². The predicted octanol–water partition coefficient (Wildman–Crippen LogP) is 15.4. The summed E-state index contributed by atoms with van der Waals surface area (Å²) in [5.41, 5.74) is 5.79. The molecular weight excluding hydrogens is 793 g/mol. The second-order valence-electron chi connectivity index (χ2n) is 15.6. The van der Waals surface area contributed by atoms with E-state index in [1.807, 2.05) is 156 Å². The number of halogens is 6. The number of nitriles is 1. The highest BCUT2D eigenvalue weighted by Crippen LogP contribution is 2.47. The first-order valence-electron chi connectivity index (χ1n) is 19.9. The summed E-state index contributed by atoms with van der Waals surface area (Å²) in [5.74, 6) is 0. The van der Waals surface area contributed by atoms with E-state index in [9.17, 15) is 31.6 Å². The van der Waals surface area contributed by atoms with Crippen molar-refractivity contribution in [1.29, 1.82) is 5.26 Å². The van der Waals surface area contributed by atoms with Crippen LogP contribution in [-0.4, -0.2) is 9.13 Å². The molecule has 0 spiro atoms. The van der Waals surface area contributed by atoms with E-state index in [0.29, 0.717) is 22.1 Å². The summed E-state index contributed by atoms with van der Waals surface area (Å²) in [7, 11) is 0. The molecule has 0 aliphatic rings. The van der Waals surface area contributed by atoms with Crippen molar-refractivity contribution < 1.29 is 26.3 Å². The minimum atomic E-state index is -5.12. The van der Waals surface area contributed by atoms with E-state index in [1.54, 1.807) is 12.1 Å². The van der Waals surface area contributed by atoms with E-state index in [4.69, 9.17) is 0 Å². The number of nitrogens with zero attached hydrogens (tertiary/aromatic N) is 3. The van der Waals surface area contributed by atoms with Gasteiger partial charge in [-0.2, -0.15) is 31.6 Å². The summed E-state index contributed by atoms with van der Waals surface area (Å²) < 4.78 is 92.6. The maximum Gasteiger partial charge on any atom is 0.416 e. The topological polar surface area (TPSA) is 33.6 Å². The van der Waals surface area contributed by atoms with Gasteiger partial charge in [-0.05, 0) is 107 Å². The second kappa shape index (κ2) is 14.3. The van der Waals surface area contributed by atoms with Crippen molar-refractivity contribution in [2.24, 2.45) is 0 Å². The Labute approximate surface area is 351 Å². The second-order valence-corrected chi connectivity index (χ2v) is 15.6. The highest BCUT2D eigenvalue weighted by Gasteiger charge is 2.38. The van der Waals surface area contributed by atoms with E-state index < -0.39 is 23.5 Å². The zero-order valence-corrected chi connectivity index (χ0v) is 33.2. The van der Waals surface area contributed by atoms with E-state index in [1.165, 1.54) is 0 Å². The van der Waals surface area contributed by atoms with Gasteiger partial charge in [-0.25, -0.2) is 0 Å². The van der Waals surface area contributed by atoms with Crippen LogP contribution in [0.15, 0.2) is 164 Å². The third-order valence-electron chi connectivity index (χ3n) is 11.8. The maximum atomic E-state index is 14.8. The molecule has 0 bridgehead atoms. The molecule has 0 N–H and O–H groups in total. The Morgan fingerprint density at radius 2 is 0.823 bits per heavy atom. The number of para-hydroxylation sites is 2. The Morgan fingerprint density at radius 1 is 0.419 bits per heavy atom. The minimum absolute atomic E-state index is 0.0773. The van der Waals surface area contributed by atoms with Crippen molar-refractivity contribution in [3.8, 4) is 50.8 Å². The number of aryl methyl sites for hydroxylation is 2. The number of rotatable bonds is 5. The normalized spacial score (nSPS) is 12.2. The first-order valence-corrected chi connectivity index (χ1v) is 19.9. The maximum absolute atomic E-state index is 14.8. The number of benzene rings is 8. The van der Waals surface area contributed by atoms with Crippen LogP contribution in [-0.2, 0) is 12.4 Å². The van der Waals surface area contributed by atoms with Gasteiger partial charge in [0, 0.05) is 27.1 Å². The smallest absolute Gasteiger partial charge is 0.308 e. The molecule has 8 aromatic carbocycles. The molecule has 2 aromatic heterocycles. The van der Waals surface area contributed by atoms with Gasteiger partial charge in [-0.15, -0.1) is 0 Å². The van der Waals surface area contributed by atoms with Crippen LogP contribution in [0.3, 0.4) is 0 Å². The Morgan fingerprint density at radius 3 is 1.24 bits per heavy atom. The largest absolute Gasteiger partial charge is 0.416 e. The number of alkyl halides is 6. The average molecular weight is 826 g/mol. The summed E-state index contributed by atoms with van der Waals surface area (Å²) in [6, 6.07) is 49.8. The van der Waals surface area contributed by atoms with Crippen molar-refractivity contribution in [3.63, 3.8) is 0 Å². The molecule has 0 aliphatic carbocycles. The molecule has 302 valence electrons. The molecule has 0 saturated heterocycles.